The van der Waals surface area contributed by atoms with Crippen LogP contribution in [-0.4, -0.2) is 71.4 Å². The lowest BCUT2D eigenvalue weighted by Crippen LogP contribution is -2.47. The van der Waals surface area contributed by atoms with E-state index in [4.69, 9.17) is 25.4 Å². The van der Waals surface area contributed by atoms with Gasteiger partial charge in [-0.3, -0.25) is 0 Å². The second-order valence-electron chi connectivity index (χ2n) is 9.01. The third-order valence-corrected chi connectivity index (χ3v) is 5.16. The molecule has 10 heteroatoms. The number of nitrogens with one attached hydrogen (secondary N) is 1. The van der Waals surface area contributed by atoms with E-state index in [1.54, 1.807) is 23.1 Å². The zero-order valence-corrected chi connectivity index (χ0v) is 21.0. The summed E-state index contributed by atoms with van der Waals surface area (Å²) < 4.78 is 22.1. The normalized spacial score (nSPS) is 15.8. The molecular formula is C25H33N5O5. The van der Waals surface area contributed by atoms with Crippen LogP contribution in [0.5, 0.6) is 11.6 Å². The maximum absolute atomic E-state index is 12.5. The van der Waals surface area contributed by atoms with Gasteiger partial charge in [-0.1, -0.05) is 5.92 Å². The van der Waals surface area contributed by atoms with Crippen LogP contribution in [0, 0.1) is 12.3 Å². The molecule has 1 amide bonds. The van der Waals surface area contributed by atoms with E-state index in [1.165, 1.54) is 7.11 Å². The molecule has 10 nitrogen and oxygen atoms in total. The summed E-state index contributed by atoms with van der Waals surface area (Å²) in [4.78, 5) is 18.7. The van der Waals surface area contributed by atoms with Crippen molar-refractivity contribution in [1.29, 1.82) is 0 Å². The molecule has 1 fully saturated rings. The molecule has 0 saturated carbocycles. The number of ether oxygens (including phenoxy) is 4. The van der Waals surface area contributed by atoms with Crippen molar-refractivity contribution in [3.8, 4) is 35.2 Å². The first-order chi connectivity index (χ1) is 16.7. The Bertz CT molecular complexity index is 1060. The lowest BCUT2D eigenvalue weighted by atomic mass is 10.1. The first-order valence-corrected chi connectivity index (χ1v) is 11.6. The highest BCUT2D eigenvalue weighted by molar-refractivity contribution is 5.72. The van der Waals surface area contributed by atoms with Crippen molar-refractivity contribution >= 4 is 12.0 Å². The lowest BCUT2D eigenvalue weighted by Gasteiger charge is -2.34. The Morgan fingerprint density at radius 1 is 1.31 bits per heavy atom. The number of terminal acetylenes is 1. The smallest absolute Gasteiger partial charge is 0.410 e. The van der Waals surface area contributed by atoms with Crippen LogP contribution in [0.25, 0.3) is 11.3 Å². The van der Waals surface area contributed by atoms with Crippen LogP contribution in [0.1, 0.15) is 46.1 Å². The molecule has 2 heterocycles. The van der Waals surface area contributed by atoms with Gasteiger partial charge in [0.1, 0.15) is 11.4 Å². The van der Waals surface area contributed by atoms with Crippen molar-refractivity contribution in [2.45, 2.75) is 52.2 Å². The van der Waals surface area contributed by atoms with E-state index >= 15 is 0 Å². The summed E-state index contributed by atoms with van der Waals surface area (Å²) in [6.45, 7) is 9.14. The van der Waals surface area contributed by atoms with Crippen LogP contribution in [0.2, 0.25) is 0 Å². The van der Waals surface area contributed by atoms with Crippen LogP contribution in [0.15, 0.2) is 18.2 Å². The molecule has 1 aliphatic heterocycles. The number of carbonyl (C=O) groups is 1. The van der Waals surface area contributed by atoms with E-state index < -0.39 is 5.60 Å². The van der Waals surface area contributed by atoms with Crippen LogP contribution < -0.4 is 14.8 Å². The van der Waals surface area contributed by atoms with E-state index in [9.17, 15) is 4.79 Å². The fraction of sp³-hybridized carbons (Fsp3) is 0.520. The maximum atomic E-state index is 12.5. The number of piperidine rings is 1. The summed E-state index contributed by atoms with van der Waals surface area (Å²) in [6, 6.07) is 5.25. The number of likely N-dealkylation sites (tertiary alicyclic amines) is 1. The van der Waals surface area contributed by atoms with E-state index in [-0.39, 0.29) is 24.8 Å². The Labute approximate surface area is 206 Å². The fourth-order valence-electron chi connectivity index (χ4n) is 3.57. The van der Waals surface area contributed by atoms with Gasteiger partial charge in [0.15, 0.2) is 12.5 Å². The minimum absolute atomic E-state index is 0.0476. The molecule has 0 spiro atoms. The van der Waals surface area contributed by atoms with E-state index in [1.807, 2.05) is 27.7 Å². The largest absolute Gasteiger partial charge is 0.479 e. The van der Waals surface area contributed by atoms with Crippen molar-refractivity contribution in [2.24, 2.45) is 0 Å². The number of carbonyl (C=O) groups excluding carboxylic acids is 1. The molecule has 1 aromatic carbocycles. The molecule has 0 bridgehead atoms. The summed E-state index contributed by atoms with van der Waals surface area (Å²) in [5, 5.41) is 11.9. The van der Waals surface area contributed by atoms with Crippen LogP contribution in [-0.2, 0) is 9.47 Å². The van der Waals surface area contributed by atoms with E-state index in [0.29, 0.717) is 48.2 Å². The monoisotopic (exact) mass is 483 g/mol. The van der Waals surface area contributed by atoms with E-state index in [2.05, 4.69) is 26.4 Å². The Morgan fingerprint density at radius 3 is 2.80 bits per heavy atom. The SMILES string of the molecule is C#Cc1ccc(-c2nnc(NC3CCCN(C(=O)OC(C)(C)C)C3)nc2OC)c(OCOCC)c1. The van der Waals surface area contributed by atoms with E-state index in [0.717, 1.165) is 12.8 Å². The van der Waals surface area contributed by atoms with Gasteiger partial charge >= 0.3 is 6.09 Å². The molecule has 35 heavy (non-hydrogen) atoms. The Morgan fingerprint density at radius 2 is 2.11 bits per heavy atom. The Kier molecular flexibility index (Phi) is 8.71. The number of hydrogen-bond acceptors (Lipinski definition) is 9. The van der Waals surface area contributed by atoms with Crippen LogP contribution >= 0.6 is 0 Å². The van der Waals surface area contributed by atoms with Gasteiger partial charge < -0.3 is 29.2 Å². The number of methoxy groups -OCH3 is 1. The number of rotatable bonds is 8. The molecule has 0 radical (unpaired) electrons. The molecule has 1 unspecified atom stereocenters. The van der Waals surface area contributed by atoms with Crippen molar-refractivity contribution in [3.05, 3.63) is 23.8 Å². The van der Waals surface area contributed by atoms with Crippen molar-refractivity contribution in [2.75, 3.05) is 38.9 Å². The van der Waals surface area contributed by atoms with Crippen molar-refractivity contribution < 1.29 is 23.7 Å². The number of nitrogens with zero attached hydrogens (tertiary/aromatic N) is 4. The quantitative estimate of drug-likeness (QED) is 0.341. The highest BCUT2D eigenvalue weighted by atomic mass is 16.7. The van der Waals surface area contributed by atoms with Gasteiger partial charge in [0, 0.05) is 36.9 Å². The zero-order valence-electron chi connectivity index (χ0n) is 21.0. The molecule has 1 atom stereocenters. The molecule has 188 valence electrons. The molecule has 3 rings (SSSR count). The van der Waals surface area contributed by atoms with Gasteiger partial charge in [0.2, 0.25) is 11.8 Å². The molecule has 1 saturated heterocycles. The first-order valence-electron chi connectivity index (χ1n) is 11.6. The second-order valence-corrected chi connectivity index (χ2v) is 9.01. The predicted molar refractivity (Wildman–Crippen MR) is 131 cm³/mol. The summed E-state index contributed by atoms with van der Waals surface area (Å²) in [5.74, 6) is 3.66. The first kappa shape index (κ1) is 26.0. The Hall–Kier alpha value is -3.58. The number of anilines is 1. The summed E-state index contributed by atoms with van der Waals surface area (Å²) in [6.07, 6.45) is 6.91. The topological polar surface area (TPSA) is 108 Å². The average Bonchev–Trinajstić information content (AvgIpc) is 2.83. The minimum Gasteiger partial charge on any atom is -0.479 e. The highest BCUT2D eigenvalue weighted by Gasteiger charge is 2.28. The molecule has 1 N–H and O–H groups in total. The van der Waals surface area contributed by atoms with Gasteiger partial charge in [-0.2, -0.15) is 4.98 Å². The molecule has 1 aliphatic rings. The maximum Gasteiger partial charge on any atom is 0.410 e. The summed E-state index contributed by atoms with van der Waals surface area (Å²) in [7, 11) is 1.51. The third-order valence-electron chi connectivity index (χ3n) is 5.16. The molecular weight excluding hydrogens is 450 g/mol. The number of hydrogen-bond donors (Lipinski definition) is 1. The molecule has 1 aromatic heterocycles. The lowest BCUT2D eigenvalue weighted by molar-refractivity contribution is 0.0205. The third kappa shape index (κ3) is 7.20. The van der Waals surface area contributed by atoms with Gasteiger partial charge in [0.05, 0.1) is 7.11 Å². The van der Waals surface area contributed by atoms with Gasteiger partial charge in [0.25, 0.3) is 0 Å². The second kappa shape index (κ2) is 11.7. The number of benzene rings is 1. The van der Waals surface area contributed by atoms with Gasteiger partial charge in [-0.15, -0.1) is 16.6 Å². The summed E-state index contributed by atoms with van der Waals surface area (Å²) in [5.41, 5.74) is 1.15. The summed E-state index contributed by atoms with van der Waals surface area (Å²) >= 11 is 0. The van der Waals surface area contributed by atoms with Gasteiger partial charge in [-0.05, 0) is 58.7 Å². The van der Waals surface area contributed by atoms with Crippen molar-refractivity contribution in [1.82, 2.24) is 20.1 Å². The minimum atomic E-state index is -0.544. The zero-order chi connectivity index (χ0) is 25.4. The number of amides is 1. The average molecular weight is 484 g/mol. The standard InChI is InChI=1S/C25H33N5O5/c1-7-17-11-12-19(20(14-17)34-16-33-8-2)21-22(32-6)27-23(29-28-21)26-18-10-9-13-30(15-18)24(31)35-25(3,4)5/h1,11-12,14,18H,8-10,13,15-16H2,2-6H3,(H,26,27,29). The molecule has 2 aromatic rings. The van der Waals surface area contributed by atoms with Crippen LogP contribution in [0.3, 0.4) is 0 Å². The van der Waals surface area contributed by atoms with Crippen molar-refractivity contribution in [3.63, 3.8) is 0 Å². The van der Waals surface area contributed by atoms with Gasteiger partial charge in [-0.25, -0.2) is 4.79 Å². The highest BCUT2D eigenvalue weighted by Crippen LogP contribution is 2.34. The number of aromatic nitrogens is 3. The fourth-order valence-corrected chi connectivity index (χ4v) is 3.57. The Balaban J connectivity index is 1.78. The predicted octanol–water partition coefficient (Wildman–Crippen LogP) is 3.71. The molecule has 0 aliphatic carbocycles. The van der Waals surface area contributed by atoms with Crippen LogP contribution in [0.4, 0.5) is 10.7 Å².